The summed E-state index contributed by atoms with van der Waals surface area (Å²) in [5, 5.41) is 13.7. The van der Waals surface area contributed by atoms with Crippen molar-refractivity contribution in [3.05, 3.63) is 46.3 Å². The van der Waals surface area contributed by atoms with Crippen LogP contribution in [0.5, 0.6) is 0 Å². The lowest BCUT2D eigenvalue weighted by Gasteiger charge is -2.26. The van der Waals surface area contributed by atoms with Crippen molar-refractivity contribution in [1.82, 2.24) is 5.32 Å². The van der Waals surface area contributed by atoms with Gasteiger partial charge in [-0.15, -0.1) is 0 Å². The first kappa shape index (κ1) is 14.8. The number of amidine groups is 1. The molecule has 1 aromatic rings. The number of ether oxygens (including phenoxy) is 1. The van der Waals surface area contributed by atoms with E-state index in [-0.39, 0.29) is 5.25 Å². The van der Waals surface area contributed by atoms with Gasteiger partial charge in [-0.05, 0) is 24.6 Å². The van der Waals surface area contributed by atoms with Gasteiger partial charge in [-0.2, -0.15) is 5.26 Å². The minimum atomic E-state index is -0.140. The molecule has 0 amide bonds. The summed E-state index contributed by atoms with van der Waals surface area (Å²) in [6.07, 6.45) is 0. The normalized spacial score (nSPS) is 20.5. The van der Waals surface area contributed by atoms with Crippen LogP contribution < -0.4 is 5.32 Å². The van der Waals surface area contributed by atoms with Crippen LogP contribution >= 0.6 is 23.4 Å². The number of thioether (sulfide) groups is 1. The fraction of sp³-hybridized carbons (Fsp3) is 0.286. The molecule has 0 spiro atoms. The second-order valence-electron chi connectivity index (χ2n) is 3.99. The molecule has 1 aliphatic heterocycles. The lowest BCUT2D eigenvalue weighted by molar-refractivity contribution is 0.213. The van der Waals surface area contributed by atoms with E-state index in [1.165, 1.54) is 11.8 Å². The van der Waals surface area contributed by atoms with Crippen LogP contribution in [0.25, 0.3) is 0 Å². The van der Waals surface area contributed by atoms with Gasteiger partial charge in [0.25, 0.3) is 0 Å². The average Bonchev–Trinajstić information content (AvgIpc) is 2.47. The number of rotatable bonds is 3. The molecule has 1 atom stereocenters. The smallest absolute Gasteiger partial charge is 0.208 e. The Morgan fingerprint density at radius 2 is 2.15 bits per heavy atom. The van der Waals surface area contributed by atoms with Crippen molar-refractivity contribution in [2.45, 2.75) is 12.2 Å². The number of aliphatic imine (C=N–C) groups is 1. The van der Waals surface area contributed by atoms with Gasteiger partial charge in [0, 0.05) is 12.1 Å². The Labute approximate surface area is 127 Å². The molecular formula is C14H14ClN3OS. The summed E-state index contributed by atoms with van der Waals surface area (Å²) < 4.78 is 5.52. The molecule has 0 fully saturated rings. The molecular weight excluding hydrogens is 294 g/mol. The summed E-state index contributed by atoms with van der Waals surface area (Å²) in [5.74, 6) is 0.481. The maximum absolute atomic E-state index is 9.43. The van der Waals surface area contributed by atoms with Gasteiger partial charge in [0.2, 0.25) is 5.88 Å². The topological polar surface area (TPSA) is 57.4 Å². The summed E-state index contributed by atoms with van der Waals surface area (Å²) >= 11 is 7.40. The lowest BCUT2D eigenvalue weighted by atomic mass is 10.1. The number of benzene rings is 1. The van der Waals surface area contributed by atoms with Crippen molar-refractivity contribution in [3.63, 3.8) is 0 Å². The lowest BCUT2D eigenvalue weighted by Crippen LogP contribution is -2.29. The van der Waals surface area contributed by atoms with Crippen LogP contribution in [0, 0.1) is 11.3 Å². The first-order valence-corrected chi connectivity index (χ1v) is 7.38. The van der Waals surface area contributed by atoms with Gasteiger partial charge in [0.1, 0.15) is 11.6 Å². The van der Waals surface area contributed by atoms with Gasteiger partial charge in [0.05, 0.1) is 11.9 Å². The summed E-state index contributed by atoms with van der Waals surface area (Å²) in [6.45, 7) is 2.37. The second-order valence-corrected chi connectivity index (χ2v) is 5.52. The van der Waals surface area contributed by atoms with E-state index in [0.29, 0.717) is 23.1 Å². The summed E-state index contributed by atoms with van der Waals surface area (Å²) in [5.41, 5.74) is 1.56. The van der Waals surface area contributed by atoms with E-state index in [2.05, 4.69) is 16.4 Å². The van der Waals surface area contributed by atoms with Gasteiger partial charge >= 0.3 is 0 Å². The van der Waals surface area contributed by atoms with Crippen molar-refractivity contribution in [1.29, 1.82) is 5.26 Å². The number of nitrogens with one attached hydrogen (secondary N) is 1. The van der Waals surface area contributed by atoms with Crippen LogP contribution in [0.3, 0.4) is 0 Å². The van der Waals surface area contributed by atoms with Gasteiger partial charge < -0.3 is 10.1 Å². The third kappa shape index (κ3) is 3.09. The van der Waals surface area contributed by atoms with Crippen LogP contribution in [0.15, 0.2) is 40.7 Å². The molecule has 4 nitrogen and oxygen atoms in total. The van der Waals surface area contributed by atoms with Crippen molar-refractivity contribution in [2.75, 3.05) is 13.7 Å². The number of hydrogen-bond acceptors (Lipinski definition) is 4. The molecule has 20 heavy (non-hydrogen) atoms. The standard InChI is InChI=1S/C14H14ClN3OS/c1-3-19-13-11(8-16)12(20-14(17-2)18-13)9-4-6-10(15)7-5-9/h4-7,12H,3H2,1-2H3,(H,17,18). The summed E-state index contributed by atoms with van der Waals surface area (Å²) in [4.78, 5) is 4.16. The Kier molecular flexibility index (Phi) is 4.94. The first-order chi connectivity index (χ1) is 9.69. The van der Waals surface area contributed by atoms with E-state index in [9.17, 15) is 5.26 Å². The van der Waals surface area contributed by atoms with Crippen molar-refractivity contribution < 1.29 is 4.74 Å². The second kappa shape index (κ2) is 6.69. The third-order valence-corrected chi connectivity index (χ3v) is 4.25. The minimum absolute atomic E-state index is 0.140. The Hall–Kier alpha value is -1.64. The zero-order valence-electron chi connectivity index (χ0n) is 11.2. The Bertz CT molecular complexity index is 589. The number of halogens is 1. The first-order valence-electron chi connectivity index (χ1n) is 6.12. The molecule has 2 rings (SSSR count). The van der Waals surface area contributed by atoms with E-state index in [4.69, 9.17) is 16.3 Å². The Balaban J connectivity index is 2.45. The van der Waals surface area contributed by atoms with Crippen LogP contribution in [0.1, 0.15) is 17.7 Å². The highest BCUT2D eigenvalue weighted by Gasteiger charge is 2.29. The molecule has 1 heterocycles. The fourth-order valence-electron chi connectivity index (χ4n) is 1.83. The predicted octanol–water partition coefficient (Wildman–Crippen LogP) is 3.47. The Morgan fingerprint density at radius 1 is 1.45 bits per heavy atom. The van der Waals surface area contributed by atoms with Gasteiger partial charge in [-0.1, -0.05) is 35.5 Å². The molecule has 1 unspecified atom stereocenters. The third-order valence-electron chi connectivity index (χ3n) is 2.74. The molecule has 0 radical (unpaired) electrons. The predicted molar refractivity (Wildman–Crippen MR) is 82.5 cm³/mol. The molecule has 0 saturated carbocycles. The highest BCUT2D eigenvalue weighted by molar-refractivity contribution is 8.14. The van der Waals surface area contributed by atoms with E-state index >= 15 is 0 Å². The fourth-order valence-corrected chi connectivity index (χ4v) is 3.01. The number of nitriles is 1. The van der Waals surface area contributed by atoms with Crippen molar-refractivity contribution in [3.8, 4) is 6.07 Å². The van der Waals surface area contributed by atoms with Crippen molar-refractivity contribution in [2.24, 2.45) is 4.99 Å². The summed E-state index contributed by atoms with van der Waals surface area (Å²) in [7, 11) is 1.70. The number of nitrogens with zero attached hydrogens (tertiary/aromatic N) is 2. The van der Waals surface area contributed by atoms with Crippen LogP contribution in [-0.2, 0) is 4.74 Å². The SMILES string of the molecule is CCOC1=C(C#N)C(c2ccc(Cl)cc2)SC(=NC)N1. The average molecular weight is 308 g/mol. The molecule has 1 aliphatic rings. The van der Waals surface area contributed by atoms with Crippen LogP contribution in [0.4, 0.5) is 0 Å². The van der Waals surface area contributed by atoms with Gasteiger partial charge in [-0.25, -0.2) is 0 Å². The van der Waals surface area contributed by atoms with Crippen molar-refractivity contribution >= 4 is 28.5 Å². The molecule has 0 aromatic heterocycles. The molecule has 0 bridgehead atoms. The maximum Gasteiger partial charge on any atom is 0.208 e. The molecule has 104 valence electrons. The quantitative estimate of drug-likeness (QED) is 0.929. The highest BCUT2D eigenvalue weighted by atomic mass is 35.5. The van der Waals surface area contributed by atoms with E-state index in [0.717, 1.165) is 10.7 Å². The maximum atomic E-state index is 9.43. The molecule has 0 aliphatic carbocycles. The minimum Gasteiger partial charge on any atom is -0.478 e. The van der Waals surface area contributed by atoms with E-state index in [1.54, 1.807) is 7.05 Å². The van der Waals surface area contributed by atoms with Crippen LogP contribution in [0.2, 0.25) is 5.02 Å². The highest BCUT2D eigenvalue weighted by Crippen LogP contribution is 2.40. The molecule has 6 heteroatoms. The van der Waals surface area contributed by atoms with Crippen LogP contribution in [-0.4, -0.2) is 18.8 Å². The zero-order valence-corrected chi connectivity index (χ0v) is 12.8. The van der Waals surface area contributed by atoms with Gasteiger partial charge in [0.15, 0.2) is 5.17 Å². The Morgan fingerprint density at radius 3 is 2.70 bits per heavy atom. The monoisotopic (exact) mass is 307 g/mol. The molecule has 0 saturated heterocycles. The molecule has 1 aromatic carbocycles. The number of hydrogen-bond donors (Lipinski definition) is 1. The molecule has 1 N–H and O–H groups in total. The summed E-state index contributed by atoms with van der Waals surface area (Å²) in [6, 6.07) is 9.70. The van der Waals surface area contributed by atoms with E-state index in [1.807, 2.05) is 31.2 Å². The van der Waals surface area contributed by atoms with E-state index < -0.39 is 0 Å². The van der Waals surface area contributed by atoms with Gasteiger partial charge in [-0.3, -0.25) is 4.99 Å². The zero-order chi connectivity index (χ0) is 14.5. The largest absolute Gasteiger partial charge is 0.478 e.